The van der Waals surface area contributed by atoms with E-state index in [4.69, 9.17) is 9.47 Å². The van der Waals surface area contributed by atoms with Gasteiger partial charge in [-0.2, -0.15) is 18.3 Å². The van der Waals surface area contributed by atoms with Crippen molar-refractivity contribution in [1.29, 1.82) is 0 Å². The van der Waals surface area contributed by atoms with Gasteiger partial charge in [0.2, 0.25) is 0 Å². The number of carbonyl (C=O) groups excluding carboxylic acids is 1. The van der Waals surface area contributed by atoms with Gasteiger partial charge < -0.3 is 18.9 Å². The van der Waals surface area contributed by atoms with Crippen molar-refractivity contribution in [2.45, 2.75) is 32.5 Å². The lowest BCUT2D eigenvalue weighted by Gasteiger charge is -2.31. The van der Waals surface area contributed by atoms with Crippen LogP contribution in [0.4, 0.5) is 18.9 Å². The molecule has 1 amide bonds. The first kappa shape index (κ1) is 29.4. The van der Waals surface area contributed by atoms with Crippen LogP contribution < -0.4 is 9.64 Å². The number of fused-ring (bicyclic) bond motifs is 2. The van der Waals surface area contributed by atoms with Crippen molar-refractivity contribution in [1.82, 2.24) is 24.3 Å². The molecule has 0 N–H and O–H groups in total. The van der Waals surface area contributed by atoms with Crippen molar-refractivity contribution in [3.05, 3.63) is 89.4 Å². The molecule has 0 saturated heterocycles. The van der Waals surface area contributed by atoms with Crippen molar-refractivity contribution in [3.63, 3.8) is 0 Å². The van der Waals surface area contributed by atoms with E-state index < -0.39 is 11.9 Å². The predicted octanol–water partition coefficient (Wildman–Crippen LogP) is 5.69. The summed E-state index contributed by atoms with van der Waals surface area (Å²) in [5.41, 5.74) is 3.22. The molecule has 1 aliphatic heterocycles. The van der Waals surface area contributed by atoms with Gasteiger partial charge in [0.25, 0.3) is 5.91 Å². The Morgan fingerprint density at radius 2 is 1.84 bits per heavy atom. The minimum atomic E-state index is -4.66. The number of benzene rings is 2. The van der Waals surface area contributed by atoms with Crippen molar-refractivity contribution in [3.8, 4) is 16.9 Å². The van der Waals surface area contributed by atoms with Crippen LogP contribution in [0.3, 0.4) is 0 Å². The largest absolute Gasteiger partial charge is 0.489 e. The number of pyridine rings is 1. The molecule has 0 unspecified atom stereocenters. The van der Waals surface area contributed by atoms with Crippen LogP contribution in [-0.2, 0) is 37.3 Å². The third-order valence-corrected chi connectivity index (χ3v) is 7.77. The second kappa shape index (κ2) is 11.8. The number of aromatic nitrogens is 5. The van der Waals surface area contributed by atoms with Crippen molar-refractivity contribution >= 4 is 22.5 Å². The first-order valence-electron chi connectivity index (χ1n) is 14.3. The zero-order valence-corrected chi connectivity index (χ0v) is 24.6. The highest BCUT2D eigenvalue weighted by Crippen LogP contribution is 2.41. The summed E-state index contributed by atoms with van der Waals surface area (Å²) < 4.78 is 56.4. The Bertz CT molecular complexity index is 1830. The minimum absolute atomic E-state index is 0.0511. The van der Waals surface area contributed by atoms with E-state index in [0.29, 0.717) is 65.4 Å². The Labute approximate surface area is 251 Å². The number of anilines is 1. The van der Waals surface area contributed by atoms with Gasteiger partial charge in [0, 0.05) is 68.5 Å². The molecule has 9 nitrogen and oxygen atoms in total. The molecule has 12 heteroatoms. The summed E-state index contributed by atoms with van der Waals surface area (Å²) in [6.45, 7) is 3.40. The molecule has 0 spiro atoms. The number of imidazole rings is 1. The average Bonchev–Trinajstić information content (AvgIpc) is 3.66. The van der Waals surface area contributed by atoms with E-state index in [1.807, 2.05) is 19.1 Å². The summed E-state index contributed by atoms with van der Waals surface area (Å²) in [7, 11) is 3.06. The van der Waals surface area contributed by atoms with Gasteiger partial charge in [-0.3, -0.25) is 14.5 Å². The Morgan fingerprint density at radius 3 is 2.57 bits per heavy atom. The number of amides is 1. The van der Waals surface area contributed by atoms with Crippen molar-refractivity contribution in [2.75, 3.05) is 31.8 Å². The Balaban J connectivity index is 1.48. The zero-order valence-electron chi connectivity index (χ0n) is 24.6. The van der Waals surface area contributed by atoms with Gasteiger partial charge in [-0.25, -0.2) is 4.98 Å². The molecule has 3 aromatic heterocycles. The van der Waals surface area contributed by atoms with E-state index >= 15 is 0 Å². The highest BCUT2D eigenvalue weighted by Gasteiger charge is 2.39. The van der Waals surface area contributed by atoms with Gasteiger partial charge >= 0.3 is 6.18 Å². The third kappa shape index (κ3) is 5.52. The molecular formula is C32H31F3N6O3. The molecule has 44 heavy (non-hydrogen) atoms. The van der Waals surface area contributed by atoms with Gasteiger partial charge in [-0.15, -0.1) is 0 Å². The summed E-state index contributed by atoms with van der Waals surface area (Å²) in [6, 6.07) is 9.26. The van der Waals surface area contributed by atoms with Gasteiger partial charge in [0.15, 0.2) is 5.69 Å². The summed E-state index contributed by atoms with van der Waals surface area (Å²) >= 11 is 0. The van der Waals surface area contributed by atoms with Crippen LogP contribution in [0.5, 0.6) is 5.75 Å². The van der Waals surface area contributed by atoms with Crippen molar-refractivity contribution in [2.24, 2.45) is 7.05 Å². The maximum atomic E-state index is 14.3. The van der Waals surface area contributed by atoms with Gasteiger partial charge in [-0.1, -0.05) is 6.92 Å². The van der Waals surface area contributed by atoms with E-state index in [1.54, 1.807) is 59.7 Å². The number of halogens is 3. The molecule has 0 fully saturated rings. The smallest absolute Gasteiger partial charge is 0.435 e. The number of carbonyl (C=O) groups is 1. The van der Waals surface area contributed by atoms with E-state index in [0.717, 1.165) is 22.1 Å². The molecule has 0 aliphatic carbocycles. The van der Waals surface area contributed by atoms with Crippen molar-refractivity contribution < 1.29 is 27.4 Å². The van der Waals surface area contributed by atoms with Crippen LogP contribution in [0.25, 0.3) is 22.0 Å². The van der Waals surface area contributed by atoms with Gasteiger partial charge in [-0.05, 0) is 65.4 Å². The molecule has 4 heterocycles. The zero-order chi connectivity index (χ0) is 31.0. The second-order valence-electron chi connectivity index (χ2n) is 10.7. The number of alkyl halides is 3. The average molecular weight is 605 g/mol. The molecule has 1 aliphatic rings. The SMILES string of the molecule is CCc1cc(OCCOC)c2nccc(N3CCc4c(cc(Cn5ccnc5)cc4-c4cn(C)nc4C(F)(F)F)C3=O)c2c1. The monoisotopic (exact) mass is 604 g/mol. The number of ether oxygens (including phenoxy) is 2. The van der Waals surface area contributed by atoms with Crippen LogP contribution >= 0.6 is 0 Å². The van der Waals surface area contributed by atoms with Gasteiger partial charge in [0.1, 0.15) is 17.9 Å². The molecule has 0 saturated carbocycles. The molecule has 228 valence electrons. The van der Waals surface area contributed by atoms with Gasteiger partial charge in [0.05, 0.1) is 18.6 Å². The molecule has 6 rings (SSSR count). The molecular weight excluding hydrogens is 573 g/mol. The molecule has 0 bridgehead atoms. The maximum absolute atomic E-state index is 14.3. The molecule has 5 aromatic rings. The Hall–Kier alpha value is -4.71. The summed E-state index contributed by atoms with van der Waals surface area (Å²) in [4.78, 5) is 24.7. The van der Waals surface area contributed by atoms with Crippen LogP contribution in [0.2, 0.25) is 0 Å². The Kier molecular flexibility index (Phi) is 7.85. The number of rotatable bonds is 9. The fourth-order valence-electron chi connectivity index (χ4n) is 5.76. The van der Waals surface area contributed by atoms with E-state index in [2.05, 4.69) is 15.1 Å². The number of hydrogen-bond acceptors (Lipinski definition) is 6. The lowest BCUT2D eigenvalue weighted by atomic mass is 9.87. The number of nitrogens with zero attached hydrogens (tertiary/aromatic N) is 6. The predicted molar refractivity (Wildman–Crippen MR) is 159 cm³/mol. The van der Waals surface area contributed by atoms with Crippen LogP contribution in [0.15, 0.2) is 61.4 Å². The number of aryl methyl sites for hydroxylation is 2. The minimum Gasteiger partial charge on any atom is -0.489 e. The van der Waals surface area contributed by atoms with E-state index in [9.17, 15) is 18.0 Å². The lowest BCUT2D eigenvalue weighted by Crippen LogP contribution is -2.38. The number of methoxy groups -OCH3 is 1. The standard InChI is InChI=1S/C32H31F3N6O3/c1-4-20-13-25-27(5-7-37-29(25)28(16-20)44-12-11-43-3)41-9-6-22-23(26-18-39(2)38-30(26)32(33,34)35)14-21(15-24(22)31(41)42)17-40-10-8-36-19-40/h5,7-8,10,13-16,18-19H,4,6,9,11-12,17H2,1-3H3. The lowest BCUT2D eigenvalue weighted by molar-refractivity contribution is -0.140. The first-order chi connectivity index (χ1) is 21.2. The van der Waals surface area contributed by atoms with Crippen LogP contribution in [-0.4, -0.2) is 57.1 Å². The molecule has 0 atom stereocenters. The summed E-state index contributed by atoms with van der Waals surface area (Å²) in [5.74, 6) is 0.304. The maximum Gasteiger partial charge on any atom is 0.435 e. The van der Waals surface area contributed by atoms with Crippen LogP contribution in [0.1, 0.15) is 39.7 Å². The highest BCUT2D eigenvalue weighted by molar-refractivity contribution is 6.13. The fourth-order valence-corrected chi connectivity index (χ4v) is 5.76. The third-order valence-electron chi connectivity index (χ3n) is 7.77. The Morgan fingerprint density at radius 1 is 1.02 bits per heavy atom. The normalized spacial score (nSPS) is 13.5. The fraction of sp³-hybridized carbons (Fsp3) is 0.312. The highest BCUT2D eigenvalue weighted by atomic mass is 19.4. The van der Waals surface area contributed by atoms with Crippen LogP contribution in [0, 0.1) is 0 Å². The van der Waals surface area contributed by atoms with E-state index in [-0.39, 0.29) is 18.0 Å². The van der Waals surface area contributed by atoms with E-state index in [1.165, 1.54) is 13.2 Å². The molecule has 0 radical (unpaired) electrons. The topological polar surface area (TPSA) is 87.3 Å². The molecule has 2 aromatic carbocycles. The second-order valence-corrected chi connectivity index (χ2v) is 10.7. The first-order valence-corrected chi connectivity index (χ1v) is 14.3. The summed E-state index contributed by atoms with van der Waals surface area (Å²) in [5, 5.41) is 4.50. The summed E-state index contributed by atoms with van der Waals surface area (Å²) in [6.07, 6.45) is 4.45. The number of hydrogen-bond donors (Lipinski definition) is 0. The quantitative estimate of drug-likeness (QED) is 0.201.